The van der Waals surface area contributed by atoms with Gasteiger partial charge in [0.05, 0.1) is 26.3 Å². The Bertz CT molecular complexity index is 1290. The smallest absolute Gasteiger partial charge is 0.357 e. The van der Waals surface area contributed by atoms with Gasteiger partial charge in [0.25, 0.3) is 0 Å². The molecule has 2 aliphatic rings. The zero-order valence-corrected chi connectivity index (χ0v) is 22.6. The van der Waals surface area contributed by atoms with E-state index in [0.717, 1.165) is 50.5 Å². The van der Waals surface area contributed by atoms with E-state index in [0.29, 0.717) is 29.6 Å². The van der Waals surface area contributed by atoms with Gasteiger partial charge in [0.2, 0.25) is 5.88 Å². The van der Waals surface area contributed by atoms with E-state index in [-0.39, 0.29) is 29.5 Å². The largest absolute Gasteiger partial charge is 0.473 e. The van der Waals surface area contributed by atoms with Gasteiger partial charge in [0.15, 0.2) is 10.8 Å². The first-order chi connectivity index (χ1) is 18.4. The van der Waals surface area contributed by atoms with Crippen molar-refractivity contribution in [1.82, 2.24) is 19.4 Å². The molecule has 2 aliphatic heterocycles. The first-order valence-corrected chi connectivity index (χ1v) is 13.4. The lowest BCUT2D eigenvalue weighted by molar-refractivity contribution is -0.0601. The summed E-state index contributed by atoms with van der Waals surface area (Å²) < 4.78 is 32.2. The number of aromatic nitrogens is 3. The van der Waals surface area contributed by atoms with E-state index in [4.69, 9.17) is 37.4 Å². The van der Waals surface area contributed by atoms with Gasteiger partial charge < -0.3 is 18.8 Å². The zero-order chi connectivity index (χ0) is 26.6. The molecule has 0 saturated carbocycles. The van der Waals surface area contributed by atoms with Crippen molar-refractivity contribution in [1.29, 1.82) is 0 Å². The van der Waals surface area contributed by atoms with Crippen LogP contribution in [-0.4, -0.2) is 58.3 Å². The number of rotatable bonds is 9. The van der Waals surface area contributed by atoms with E-state index in [2.05, 4.69) is 14.9 Å². The second-order valence-electron chi connectivity index (χ2n) is 9.53. The third-order valence-electron chi connectivity index (χ3n) is 7.07. The number of pyridine rings is 1. The number of nitrogens with zero attached hydrogens (tertiary/aromatic N) is 4. The molecular formula is C27H29Cl2FN4O4. The van der Waals surface area contributed by atoms with Gasteiger partial charge >= 0.3 is 5.97 Å². The number of piperidine rings is 1. The Morgan fingerprint density at radius 1 is 1.16 bits per heavy atom. The molecule has 11 heteroatoms. The van der Waals surface area contributed by atoms with E-state index in [1.165, 1.54) is 13.2 Å². The van der Waals surface area contributed by atoms with Crippen molar-refractivity contribution in [2.45, 2.75) is 51.0 Å². The van der Waals surface area contributed by atoms with Gasteiger partial charge in [-0.1, -0.05) is 35.3 Å². The molecule has 1 atom stereocenters. The second-order valence-corrected chi connectivity index (χ2v) is 10.3. The van der Waals surface area contributed by atoms with E-state index < -0.39 is 11.8 Å². The molecule has 0 unspecified atom stereocenters. The lowest BCUT2D eigenvalue weighted by Crippen LogP contribution is -2.36. The van der Waals surface area contributed by atoms with E-state index in [9.17, 15) is 9.18 Å². The van der Waals surface area contributed by atoms with Crippen LogP contribution in [0.15, 0.2) is 36.4 Å². The van der Waals surface area contributed by atoms with Crippen LogP contribution < -0.4 is 4.74 Å². The number of likely N-dealkylation sites (tertiary alicyclic amines) is 1. The van der Waals surface area contributed by atoms with Crippen LogP contribution >= 0.6 is 23.2 Å². The maximum Gasteiger partial charge on any atom is 0.357 e. The number of esters is 1. The minimum absolute atomic E-state index is 0.0462. The average Bonchev–Trinajstić information content (AvgIpc) is 3.20. The topological polar surface area (TPSA) is 78.7 Å². The molecule has 38 heavy (non-hydrogen) atoms. The summed E-state index contributed by atoms with van der Waals surface area (Å²) in [7, 11) is 1.34. The first kappa shape index (κ1) is 26.9. The number of halogens is 3. The fourth-order valence-electron chi connectivity index (χ4n) is 4.82. The molecule has 2 aromatic heterocycles. The van der Waals surface area contributed by atoms with Gasteiger partial charge in [0.1, 0.15) is 18.2 Å². The molecule has 4 heterocycles. The number of hydrogen-bond donors (Lipinski definition) is 0. The summed E-state index contributed by atoms with van der Waals surface area (Å²) in [6, 6.07) is 10.2. The minimum Gasteiger partial charge on any atom is -0.473 e. The average molecular weight is 563 g/mol. The van der Waals surface area contributed by atoms with Gasteiger partial charge in [-0.05, 0) is 50.6 Å². The molecule has 2 saturated heterocycles. The van der Waals surface area contributed by atoms with Crippen molar-refractivity contribution in [3.63, 3.8) is 0 Å². The molecular weight excluding hydrogens is 534 g/mol. The number of carbonyl (C=O) groups is 1. The molecule has 3 aromatic rings. The molecule has 1 aromatic carbocycles. The molecule has 0 N–H and O–H groups in total. The van der Waals surface area contributed by atoms with Crippen LogP contribution in [0.1, 0.15) is 52.8 Å². The monoisotopic (exact) mass is 562 g/mol. The van der Waals surface area contributed by atoms with Crippen molar-refractivity contribution in [3.8, 4) is 5.88 Å². The molecule has 0 spiro atoms. The van der Waals surface area contributed by atoms with Crippen LogP contribution in [-0.2, 0) is 29.2 Å². The van der Waals surface area contributed by atoms with E-state index in [1.54, 1.807) is 18.2 Å². The highest BCUT2D eigenvalue weighted by Gasteiger charge is 2.29. The number of benzene rings is 1. The number of imidazole rings is 1. The second kappa shape index (κ2) is 12.0. The quantitative estimate of drug-likeness (QED) is 0.329. The molecule has 5 rings (SSSR count). The van der Waals surface area contributed by atoms with Crippen LogP contribution in [0, 0.1) is 5.82 Å². The van der Waals surface area contributed by atoms with Gasteiger partial charge in [-0.25, -0.2) is 19.2 Å². The molecule has 202 valence electrons. The summed E-state index contributed by atoms with van der Waals surface area (Å²) in [5.74, 6) is 0.567. The predicted octanol–water partition coefficient (Wildman–Crippen LogP) is 5.26. The third kappa shape index (κ3) is 6.12. The molecule has 0 amide bonds. The number of ether oxygens (including phenoxy) is 3. The van der Waals surface area contributed by atoms with Crippen molar-refractivity contribution >= 4 is 29.2 Å². The molecule has 2 fully saturated rings. The van der Waals surface area contributed by atoms with Crippen LogP contribution in [0.2, 0.25) is 10.2 Å². The number of methoxy groups -OCH3 is 1. The normalized spacial score (nSPS) is 18.3. The lowest BCUT2D eigenvalue weighted by atomic mass is 9.93. The molecule has 0 bridgehead atoms. The van der Waals surface area contributed by atoms with Gasteiger partial charge in [0, 0.05) is 34.9 Å². The molecule has 0 radical (unpaired) electrons. The Morgan fingerprint density at radius 3 is 2.63 bits per heavy atom. The minimum atomic E-state index is -0.501. The predicted molar refractivity (Wildman–Crippen MR) is 140 cm³/mol. The van der Waals surface area contributed by atoms with Gasteiger partial charge in [-0.15, -0.1) is 0 Å². The summed E-state index contributed by atoms with van der Waals surface area (Å²) in [4.78, 5) is 23.9. The standard InChI is InChI=1S/C27H29Cl2FN4O4/c1-36-27(35)25-26(29)32-23(34(25)14-20-9-12-37-20)15-33-10-7-17(8-11-33)22-3-2-4-24(31-22)38-16-18-5-6-19(28)13-21(18)30/h2-6,13,17,20H,7-12,14-16H2,1H3/t20-/m0/s1. The highest BCUT2D eigenvalue weighted by atomic mass is 35.5. The van der Waals surface area contributed by atoms with Crippen LogP contribution in [0.25, 0.3) is 0 Å². The number of carbonyl (C=O) groups excluding carboxylic acids is 1. The maximum atomic E-state index is 14.1. The van der Waals surface area contributed by atoms with Crippen LogP contribution in [0.5, 0.6) is 5.88 Å². The summed E-state index contributed by atoms with van der Waals surface area (Å²) in [5, 5.41) is 0.502. The summed E-state index contributed by atoms with van der Waals surface area (Å²) in [6.45, 7) is 3.57. The Morgan fingerprint density at radius 2 is 1.95 bits per heavy atom. The van der Waals surface area contributed by atoms with Crippen LogP contribution in [0.3, 0.4) is 0 Å². The maximum absolute atomic E-state index is 14.1. The Kier molecular flexibility index (Phi) is 8.48. The fraction of sp³-hybridized carbons (Fsp3) is 0.444. The van der Waals surface area contributed by atoms with Crippen molar-refractivity contribution in [3.05, 3.63) is 75.2 Å². The SMILES string of the molecule is COC(=O)c1c(Cl)nc(CN2CCC(c3cccc(OCc4ccc(Cl)cc4F)n3)CC2)n1C[C@@H]1CCO1. The number of hydrogen-bond acceptors (Lipinski definition) is 7. The third-order valence-corrected chi connectivity index (χ3v) is 7.57. The Balaban J connectivity index is 1.20. The Labute approximate surface area is 230 Å². The molecule has 0 aliphatic carbocycles. The zero-order valence-electron chi connectivity index (χ0n) is 21.0. The van der Waals surface area contributed by atoms with Crippen LogP contribution in [0.4, 0.5) is 4.39 Å². The molecule has 8 nitrogen and oxygen atoms in total. The highest BCUT2D eigenvalue weighted by Crippen LogP contribution is 2.30. The summed E-state index contributed by atoms with van der Waals surface area (Å²) >= 11 is 12.2. The van der Waals surface area contributed by atoms with Crippen molar-refractivity contribution in [2.24, 2.45) is 0 Å². The van der Waals surface area contributed by atoms with Crippen molar-refractivity contribution in [2.75, 3.05) is 26.8 Å². The highest BCUT2D eigenvalue weighted by molar-refractivity contribution is 6.32. The summed E-state index contributed by atoms with van der Waals surface area (Å²) in [5.41, 5.74) is 1.65. The first-order valence-electron chi connectivity index (χ1n) is 12.6. The lowest BCUT2D eigenvalue weighted by Gasteiger charge is -2.32. The Hall–Kier alpha value is -2.72. The van der Waals surface area contributed by atoms with Gasteiger partial charge in [-0.3, -0.25) is 4.90 Å². The van der Waals surface area contributed by atoms with E-state index >= 15 is 0 Å². The van der Waals surface area contributed by atoms with Gasteiger partial charge in [-0.2, -0.15) is 0 Å². The van der Waals surface area contributed by atoms with Crippen molar-refractivity contribution < 1.29 is 23.4 Å². The summed E-state index contributed by atoms with van der Waals surface area (Å²) in [6.07, 6.45) is 2.80. The van der Waals surface area contributed by atoms with E-state index in [1.807, 2.05) is 16.7 Å². The fourth-order valence-corrected chi connectivity index (χ4v) is 5.26.